The van der Waals surface area contributed by atoms with Crippen molar-refractivity contribution in [3.8, 4) is 17.2 Å². The molecule has 0 spiro atoms. The van der Waals surface area contributed by atoms with Gasteiger partial charge in [0.15, 0.2) is 0 Å². The lowest BCUT2D eigenvalue weighted by Crippen LogP contribution is -2.25. The van der Waals surface area contributed by atoms with Crippen LogP contribution in [0.15, 0.2) is 72.8 Å². The molecular weight excluding hydrogens is 807 g/mol. The molecule has 0 saturated heterocycles. The fraction of sp³-hybridized carbons (Fsp3) is 0.667. The Morgan fingerprint density at radius 3 is 0.790 bits per heavy atom. The van der Waals surface area contributed by atoms with E-state index in [1.54, 1.807) is 0 Å². The molecule has 3 unspecified atom stereocenters. The Kier molecular flexibility index (Phi) is 21.5. The van der Waals surface area contributed by atoms with Crippen LogP contribution in [0.4, 0.5) is 0 Å². The number of hydrogen-bond donors (Lipinski definition) is 3. The minimum atomic E-state index is -2.62. The van der Waals surface area contributed by atoms with Crippen molar-refractivity contribution in [3.63, 3.8) is 0 Å². The van der Waals surface area contributed by atoms with Gasteiger partial charge in [0.05, 0.1) is 0 Å². The van der Waals surface area contributed by atoms with E-state index in [0.717, 1.165) is 55.8 Å². The molecule has 0 saturated carbocycles. The summed E-state index contributed by atoms with van der Waals surface area (Å²) in [5.74, 6) is 4.04. The van der Waals surface area contributed by atoms with E-state index >= 15 is 0 Å². The highest BCUT2D eigenvalue weighted by atomic mass is 31.2. The molecule has 0 aromatic heterocycles. The molecule has 0 aliphatic carbocycles. The quantitative estimate of drug-likeness (QED) is 0.110. The second kappa shape index (κ2) is 23.8. The zero-order chi connectivity index (χ0) is 47.3. The van der Waals surface area contributed by atoms with E-state index in [-0.39, 0.29) is 32.5 Å². The van der Waals surface area contributed by atoms with Crippen molar-refractivity contribution in [1.82, 2.24) is 0 Å². The minimum absolute atomic E-state index is 0.154. The van der Waals surface area contributed by atoms with E-state index in [1.165, 1.54) is 36.0 Å². The predicted octanol–water partition coefficient (Wildman–Crippen LogP) is 16.7. The highest BCUT2D eigenvalue weighted by molar-refractivity contribution is 7.43. The maximum absolute atomic E-state index is 7.23. The minimum Gasteiger partial charge on any atom is -0.408 e. The molecule has 3 aromatic rings. The van der Waals surface area contributed by atoms with Gasteiger partial charge in [-0.15, -0.1) is 0 Å². The first-order valence-electron chi connectivity index (χ1n) is 23.2. The van der Waals surface area contributed by atoms with E-state index in [0.29, 0.717) is 17.8 Å². The van der Waals surface area contributed by atoms with Crippen LogP contribution in [0.5, 0.6) is 17.2 Å². The molecular formula is C54H90O6P2. The molecule has 352 valence electrons. The van der Waals surface area contributed by atoms with Crippen LogP contribution < -0.4 is 13.6 Å². The highest BCUT2D eigenvalue weighted by Crippen LogP contribution is 2.48. The van der Waals surface area contributed by atoms with Gasteiger partial charge in [-0.3, -0.25) is 0 Å². The van der Waals surface area contributed by atoms with Gasteiger partial charge in [-0.2, -0.15) is 0 Å². The molecule has 0 aliphatic rings. The summed E-state index contributed by atoms with van der Waals surface area (Å²) in [6.45, 7) is 42.6. The summed E-state index contributed by atoms with van der Waals surface area (Å²) in [5.41, 5.74) is 4.95. The number of rotatable bonds is 18. The third-order valence-electron chi connectivity index (χ3n) is 12.2. The summed E-state index contributed by atoms with van der Waals surface area (Å²) in [5, 5.41) is 0. The molecule has 3 N–H and O–H groups in total. The lowest BCUT2D eigenvalue weighted by atomic mass is 9.72. The molecule has 0 heterocycles. The molecule has 8 heteroatoms. The first-order chi connectivity index (χ1) is 28.2. The van der Waals surface area contributed by atoms with Crippen molar-refractivity contribution in [3.05, 3.63) is 89.5 Å². The van der Waals surface area contributed by atoms with Crippen LogP contribution >= 0.6 is 17.2 Å². The van der Waals surface area contributed by atoms with Crippen LogP contribution in [0, 0.1) is 50.2 Å². The first-order valence-corrected chi connectivity index (χ1v) is 25.5. The maximum Gasteiger partial charge on any atom is 0.530 e. The smallest absolute Gasteiger partial charge is 0.408 e. The van der Waals surface area contributed by atoms with Gasteiger partial charge in [0, 0.05) is 0 Å². The van der Waals surface area contributed by atoms with Gasteiger partial charge in [-0.1, -0.05) is 179 Å². The Hall–Kier alpha value is -2.20. The van der Waals surface area contributed by atoms with E-state index in [2.05, 4.69) is 197 Å². The third-order valence-corrected chi connectivity index (χ3v) is 13.3. The van der Waals surface area contributed by atoms with E-state index in [4.69, 9.17) is 28.3 Å². The van der Waals surface area contributed by atoms with Gasteiger partial charge in [0.25, 0.3) is 0 Å². The SMILES string of the molecule is CC(C)(C)CCC(Cc1ccccc1OP(Oc1ccccc1CC(CCC(C)(C)C)C(C)(C)C)Oc1ccccc1CC(CCC(C)(C)C)C(C)(C)C)C(C)(C)C.OP(O)O. The molecule has 3 aromatic carbocycles. The molecule has 0 fully saturated rings. The van der Waals surface area contributed by atoms with Crippen LogP contribution in [-0.4, -0.2) is 14.7 Å². The van der Waals surface area contributed by atoms with Crippen molar-refractivity contribution >= 4 is 17.2 Å². The normalized spacial score (nSPS) is 15.0. The number of para-hydroxylation sites is 3. The zero-order valence-corrected chi connectivity index (χ0v) is 44.3. The summed E-state index contributed by atoms with van der Waals surface area (Å²) < 4.78 is 21.2. The van der Waals surface area contributed by atoms with Crippen molar-refractivity contribution < 1.29 is 28.3 Å². The summed E-state index contributed by atoms with van der Waals surface area (Å²) in [6, 6.07) is 25.8. The van der Waals surface area contributed by atoms with Crippen molar-refractivity contribution in [2.75, 3.05) is 0 Å². The largest absolute Gasteiger partial charge is 0.530 e. The van der Waals surface area contributed by atoms with Crippen molar-refractivity contribution in [2.24, 2.45) is 50.2 Å². The maximum atomic E-state index is 7.23. The average molecular weight is 897 g/mol. The van der Waals surface area contributed by atoms with Crippen LogP contribution in [0.3, 0.4) is 0 Å². The molecule has 0 amide bonds. The average Bonchev–Trinajstić information content (AvgIpc) is 3.09. The molecule has 3 rings (SSSR count). The molecule has 0 bridgehead atoms. The Morgan fingerprint density at radius 1 is 0.387 bits per heavy atom. The topological polar surface area (TPSA) is 88.4 Å². The summed E-state index contributed by atoms with van der Waals surface area (Å²) in [4.78, 5) is 21.7. The van der Waals surface area contributed by atoms with Gasteiger partial charge in [-0.25, -0.2) is 0 Å². The van der Waals surface area contributed by atoms with Crippen LogP contribution in [-0.2, 0) is 19.3 Å². The lowest BCUT2D eigenvalue weighted by Gasteiger charge is -2.34. The van der Waals surface area contributed by atoms with E-state index in [1.807, 2.05) is 0 Å². The summed E-state index contributed by atoms with van der Waals surface area (Å²) in [7, 11) is -4.50. The molecule has 0 radical (unpaired) electrons. The second-order valence-electron chi connectivity index (χ2n) is 24.7. The molecule has 6 nitrogen and oxygen atoms in total. The fourth-order valence-electron chi connectivity index (χ4n) is 7.72. The van der Waals surface area contributed by atoms with Crippen LogP contribution in [0.1, 0.15) is 180 Å². The van der Waals surface area contributed by atoms with E-state index in [9.17, 15) is 0 Å². The Morgan fingerprint density at radius 2 is 0.597 bits per heavy atom. The molecule has 0 aliphatic heterocycles. The summed E-state index contributed by atoms with van der Waals surface area (Å²) >= 11 is 0. The second-order valence-corrected chi connectivity index (χ2v) is 26.2. The third kappa shape index (κ3) is 22.6. The highest BCUT2D eigenvalue weighted by Gasteiger charge is 2.32. The van der Waals surface area contributed by atoms with Gasteiger partial charge >= 0.3 is 17.2 Å². The number of benzene rings is 3. The fourth-order valence-corrected chi connectivity index (χ4v) is 8.85. The van der Waals surface area contributed by atoms with Gasteiger partial charge in [-0.05, 0) is 143 Å². The lowest BCUT2D eigenvalue weighted by molar-refractivity contribution is 0.194. The zero-order valence-electron chi connectivity index (χ0n) is 42.5. The van der Waals surface area contributed by atoms with Gasteiger partial charge in [0.2, 0.25) is 0 Å². The standard InChI is InChI=1S/C54H87O3P.H3O3P/c1-49(2,3)34-31-43(52(10,11)12)37-40-25-19-22-28-46(40)55-58(56-47-29-23-20-26-41(47)38-44(53(13,14)15)32-35-50(4,5)6)57-48-30-24-21-27-42(48)39-45(54(16,17)18)33-36-51(7,8)9;1-4(2)3/h19-30,43-45H,31-39H2,1-18H3;1-3H. The van der Waals surface area contributed by atoms with Crippen LogP contribution in [0.25, 0.3) is 0 Å². The Bertz CT molecular complexity index is 1530. The predicted molar refractivity (Wildman–Crippen MR) is 268 cm³/mol. The Labute approximate surface area is 383 Å². The Balaban J connectivity index is 0.00000316. The van der Waals surface area contributed by atoms with Crippen molar-refractivity contribution in [2.45, 2.75) is 182 Å². The van der Waals surface area contributed by atoms with E-state index < -0.39 is 17.2 Å². The monoisotopic (exact) mass is 897 g/mol. The van der Waals surface area contributed by atoms with Crippen LogP contribution in [0.2, 0.25) is 0 Å². The molecule has 62 heavy (non-hydrogen) atoms. The summed E-state index contributed by atoms with van der Waals surface area (Å²) in [6.07, 6.45) is 9.86. The molecule has 3 atom stereocenters. The number of hydrogen-bond acceptors (Lipinski definition) is 6. The van der Waals surface area contributed by atoms with Crippen molar-refractivity contribution in [1.29, 1.82) is 0 Å². The first kappa shape index (κ1) is 55.9. The van der Waals surface area contributed by atoms with Gasteiger partial charge < -0.3 is 28.3 Å². The van der Waals surface area contributed by atoms with Gasteiger partial charge in [0.1, 0.15) is 17.2 Å².